The summed E-state index contributed by atoms with van der Waals surface area (Å²) in [5.41, 5.74) is 4.87. The van der Waals surface area contributed by atoms with Gasteiger partial charge >= 0.3 is 0 Å². The van der Waals surface area contributed by atoms with E-state index in [1.165, 1.54) is 32.4 Å². The van der Waals surface area contributed by atoms with E-state index in [9.17, 15) is 0 Å². The summed E-state index contributed by atoms with van der Waals surface area (Å²) >= 11 is 0. The largest absolute Gasteiger partial charge is 0.492 e. The van der Waals surface area contributed by atoms with Crippen molar-refractivity contribution in [1.29, 1.82) is 0 Å². The van der Waals surface area contributed by atoms with E-state index >= 15 is 0 Å². The number of rotatable bonds is 6. The Labute approximate surface area is 176 Å². The number of likely N-dealkylation sites (tertiary alicyclic amines) is 1. The van der Waals surface area contributed by atoms with Crippen LogP contribution >= 0.6 is 0 Å². The molecule has 0 saturated carbocycles. The molecular weight excluding hydrogens is 374 g/mol. The first-order chi connectivity index (χ1) is 14.9. The minimum Gasteiger partial charge on any atom is -0.492 e. The molecule has 0 aliphatic carbocycles. The highest BCUT2D eigenvalue weighted by Gasteiger charge is 2.11. The van der Waals surface area contributed by atoms with Crippen molar-refractivity contribution >= 4 is 5.65 Å². The number of benzene rings is 1. The van der Waals surface area contributed by atoms with Gasteiger partial charge < -0.3 is 4.74 Å². The fraction of sp³-hybridized carbons (Fsp3) is 0.292. The fourth-order valence-electron chi connectivity index (χ4n) is 3.98. The van der Waals surface area contributed by atoms with Crippen LogP contribution in [0.15, 0.2) is 67.3 Å². The number of fused-ring (bicyclic) bond motifs is 1. The van der Waals surface area contributed by atoms with Crippen LogP contribution < -0.4 is 4.74 Å². The van der Waals surface area contributed by atoms with E-state index in [4.69, 9.17) is 4.74 Å². The van der Waals surface area contributed by atoms with E-state index in [0.717, 1.165) is 46.9 Å². The SMILES string of the molecule is c1cnc2c(-c3ccnc(-c4ccc(OCCN5CCCCC5)cc4)c3)cnn2c1. The topological polar surface area (TPSA) is 55.6 Å². The fourth-order valence-corrected chi connectivity index (χ4v) is 3.98. The summed E-state index contributed by atoms with van der Waals surface area (Å²) in [5, 5.41) is 4.39. The number of nitrogens with zero attached hydrogens (tertiary/aromatic N) is 5. The van der Waals surface area contributed by atoms with Crippen LogP contribution in [0, 0.1) is 0 Å². The Morgan fingerprint density at radius 1 is 0.900 bits per heavy atom. The molecule has 4 heterocycles. The van der Waals surface area contributed by atoms with Gasteiger partial charge in [0, 0.05) is 36.3 Å². The van der Waals surface area contributed by atoms with E-state index in [2.05, 4.69) is 38.2 Å². The third-order valence-electron chi connectivity index (χ3n) is 5.63. The third kappa shape index (κ3) is 4.04. The van der Waals surface area contributed by atoms with E-state index in [1.807, 2.05) is 42.9 Å². The van der Waals surface area contributed by atoms with Gasteiger partial charge in [0.05, 0.1) is 11.9 Å². The van der Waals surface area contributed by atoms with Gasteiger partial charge in [0.1, 0.15) is 12.4 Å². The lowest BCUT2D eigenvalue weighted by atomic mass is 10.1. The molecule has 3 aromatic heterocycles. The molecule has 0 atom stereocenters. The summed E-state index contributed by atoms with van der Waals surface area (Å²) in [6.45, 7) is 4.13. The van der Waals surface area contributed by atoms with Crippen molar-refractivity contribution in [3.63, 3.8) is 0 Å². The monoisotopic (exact) mass is 399 g/mol. The molecule has 1 aromatic carbocycles. The van der Waals surface area contributed by atoms with Crippen molar-refractivity contribution in [3.05, 3.63) is 67.3 Å². The Balaban J connectivity index is 1.28. The van der Waals surface area contributed by atoms with Crippen molar-refractivity contribution < 1.29 is 4.74 Å². The van der Waals surface area contributed by atoms with Crippen LogP contribution in [-0.4, -0.2) is 50.7 Å². The van der Waals surface area contributed by atoms with E-state index in [1.54, 1.807) is 10.7 Å². The number of piperidine rings is 1. The quantitative estimate of drug-likeness (QED) is 0.483. The van der Waals surface area contributed by atoms with Gasteiger partial charge in [-0.15, -0.1) is 0 Å². The highest BCUT2D eigenvalue weighted by molar-refractivity contribution is 5.79. The number of ether oxygens (including phenoxy) is 1. The zero-order valence-electron chi connectivity index (χ0n) is 16.9. The first kappa shape index (κ1) is 18.8. The van der Waals surface area contributed by atoms with Gasteiger partial charge in [-0.3, -0.25) is 9.88 Å². The molecule has 1 fully saturated rings. The van der Waals surface area contributed by atoms with Crippen LogP contribution in [-0.2, 0) is 0 Å². The average molecular weight is 399 g/mol. The average Bonchev–Trinajstić information content (AvgIpc) is 3.25. The van der Waals surface area contributed by atoms with Gasteiger partial charge in [-0.2, -0.15) is 5.10 Å². The standard InChI is InChI=1S/C24H25N5O/c1-2-12-28(13-3-1)15-16-30-21-7-5-19(6-8-21)23-17-20(9-11-25-23)22-18-27-29-14-4-10-26-24(22)29/h4-11,14,17-18H,1-3,12-13,15-16H2. The molecule has 1 saturated heterocycles. The van der Waals surface area contributed by atoms with Crippen molar-refractivity contribution in [2.45, 2.75) is 19.3 Å². The van der Waals surface area contributed by atoms with Crippen LogP contribution in [0.3, 0.4) is 0 Å². The number of pyridine rings is 1. The Hall–Kier alpha value is -3.25. The van der Waals surface area contributed by atoms with Gasteiger partial charge in [-0.25, -0.2) is 9.50 Å². The van der Waals surface area contributed by atoms with Crippen LogP contribution in [0.25, 0.3) is 28.0 Å². The minimum atomic E-state index is 0.731. The molecule has 5 rings (SSSR count). The summed E-state index contributed by atoms with van der Waals surface area (Å²) < 4.78 is 7.73. The molecule has 6 nitrogen and oxygen atoms in total. The number of aromatic nitrogens is 4. The molecule has 0 amide bonds. The lowest BCUT2D eigenvalue weighted by Gasteiger charge is -2.26. The van der Waals surface area contributed by atoms with Gasteiger partial charge in [0.25, 0.3) is 0 Å². The summed E-state index contributed by atoms with van der Waals surface area (Å²) in [5.74, 6) is 0.902. The van der Waals surface area contributed by atoms with Crippen LogP contribution in [0.4, 0.5) is 0 Å². The van der Waals surface area contributed by atoms with Gasteiger partial charge in [-0.1, -0.05) is 6.42 Å². The number of hydrogen-bond donors (Lipinski definition) is 0. The molecule has 0 spiro atoms. The predicted octanol–water partition coefficient (Wildman–Crippen LogP) is 4.32. The second kappa shape index (κ2) is 8.63. The maximum Gasteiger partial charge on any atom is 0.162 e. The van der Waals surface area contributed by atoms with E-state index in [-0.39, 0.29) is 0 Å². The summed E-state index contributed by atoms with van der Waals surface area (Å²) in [4.78, 5) is 11.5. The Kier molecular flexibility index (Phi) is 5.40. The van der Waals surface area contributed by atoms with Crippen molar-refractivity contribution in [2.75, 3.05) is 26.2 Å². The van der Waals surface area contributed by atoms with Crippen LogP contribution in [0.2, 0.25) is 0 Å². The lowest BCUT2D eigenvalue weighted by Crippen LogP contribution is -2.33. The van der Waals surface area contributed by atoms with Crippen LogP contribution in [0.1, 0.15) is 19.3 Å². The minimum absolute atomic E-state index is 0.731. The Bertz CT molecular complexity index is 1120. The van der Waals surface area contributed by atoms with E-state index in [0.29, 0.717) is 0 Å². The first-order valence-electron chi connectivity index (χ1n) is 10.6. The van der Waals surface area contributed by atoms with Crippen LogP contribution in [0.5, 0.6) is 5.75 Å². The second-order valence-corrected chi connectivity index (χ2v) is 7.65. The molecule has 1 aliphatic rings. The first-order valence-corrected chi connectivity index (χ1v) is 10.6. The highest BCUT2D eigenvalue weighted by Crippen LogP contribution is 2.27. The molecular formula is C24H25N5O. The summed E-state index contributed by atoms with van der Waals surface area (Å²) in [6.07, 6.45) is 11.4. The lowest BCUT2D eigenvalue weighted by molar-refractivity contribution is 0.183. The van der Waals surface area contributed by atoms with E-state index < -0.39 is 0 Å². The Morgan fingerprint density at radius 2 is 1.77 bits per heavy atom. The smallest absolute Gasteiger partial charge is 0.162 e. The maximum atomic E-state index is 5.95. The van der Waals surface area contributed by atoms with Gasteiger partial charge in [0.15, 0.2) is 5.65 Å². The molecule has 0 unspecified atom stereocenters. The highest BCUT2D eigenvalue weighted by atomic mass is 16.5. The summed E-state index contributed by atoms with van der Waals surface area (Å²) in [6, 6.07) is 14.1. The molecule has 0 bridgehead atoms. The van der Waals surface area contributed by atoms with Crippen molar-refractivity contribution in [2.24, 2.45) is 0 Å². The third-order valence-corrected chi connectivity index (χ3v) is 5.63. The molecule has 0 N–H and O–H groups in total. The molecule has 152 valence electrons. The molecule has 0 radical (unpaired) electrons. The second-order valence-electron chi connectivity index (χ2n) is 7.65. The molecule has 4 aromatic rings. The molecule has 6 heteroatoms. The Morgan fingerprint density at radius 3 is 2.63 bits per heavy atom. The maximum absolute atomic E-state index is 5.95. The zero-order chi connectivity index (χ0) is 20.2. The normalized spacial score (nSPS) is 14.8. The predicted molar refractivity (Wildman–Crippen MR) is 117 cm³/mol. The van der Waals surface area contributed by atoms with Crippen molar-refractivity contribution in [1.82, 2.24) is 24.5 Å². The van der Waals surface area contributed by atoms with Gasteiger partial charge in [0.2, 0.25) is 0 Å². The zero-order valence-corrected chi connectivity index (χ0v) is 16.9. The molecule has 30 heavy (non-hydrogen) atoms. The number of hydrogen-bond acceptors (Lipinski definition) is 5. The summed E-state index contributed by atoms with van der Waals surface area (Å²) in [7, 11) is 0. The molecule has 1 aliphatic heterocycles. The van der Waals surface area contributed by atoms with Gasteiger partial charge in [-0.05, 0) is 74.0 Å². The van der Waals surface area contributed by atoms with Crippen molar-refractivity contribution in [3.8, 4) is 28.1 Å².